The molecule has 2 aliphatic heterocycles. The van der Waals surface area contributed by atoms with Crippen LogP contribution in [-0.4, -0.2) is 40.9 Å². The molecule has 2 aromatic rings. The molecular weight excluding hydrogens is 420 g/mol. The first-order valence-electron chi connectivity index (χ1n) is 9.34. The average Bonchev–Trinajstić information content (AvgIpc) is 3.20. The van der Waals surface area contributed by atoms with Gasteiger partial charge in [0.2, 0.25) is 11.0 Å². The van der Waals surface area contributed by atoms with Crippen molar-refractivity contribution in [3.8, 4) is 11.6 Å². The highest BCUT2D eigenvalue weighted by atomic mass is 32.2. The number of ether oxygens (including phenoxy) is 2. The van der Waals surface area contributed by atoms with Crippen LogP contribution in [0.4, 0.5) is 5.69 Å². The quantitative estimate of drug-likeness (QED) is 0.433. The highest BCUT2D eigenvalue weighted by Gasteiger charge is 2.33. The van der Waals surface area contributed by atoms with Gasteiger partial charge in [0, 0.05) is 17.0 Å². The minimum absolute atomic E-state index is 0.0535. The highest BCUT2D eigenvalue weighted by Crippen LogP contribution is 2.49. The van der Waals surface area contributed by atoms with E-state index in [-0.39, 0.29) is 21.6 Å². The van der Waals surface area contributed by atoms with Crippen molar-refractivity contribution in [2.24, 2.45) is 15.2 Å². The molecule has 10 heteroatoms. The SMILES string of the molecule is COC(=O)C=C1SC(N=Nc2c(O)n3c4c(cc(OC)cc24)C(C)=CC3(C)C)=NC1=O. The second-order valence-electron chi connectivity index (χ2n) is 7.59. The summed E-state index contributed by atoms with van der Waals surface area (Å²) < 4.78 is 11.8. The molecule has 0 unspecified atom stereocenters. The number of aliphatic imine (C=N–C) groups is 1. The number of hydrogen-bond donors (Lipinski definition) is 1. The van der Waals surface area contributed by atoms with E-state index in [1.54, 1.807) is 17.7 Å². The monoisotopic (exact) mass is 440 g/mol. The summed E-state index contributed by atoms with van der Waals surface area (Å²) in [5, 5.41) is 20.0. The predicted molar refractivity (Wildman–Crippen MR) is 118 cm³/mol. The van der Waals surface area contributed by atoms with Crippen LogP contribution in [0.2, 0.25) is 0 Å². The van der Waals surface area contributed by atoms with E-state index in [1.165, 1.54) is 7.11 Å². The Balaban J connectivity index is 1.81. The lowest BCUT2D eigenvalue weighted by Gasteiger charge is -2.31. The summed E-state index contributed by atoms with van der Waals surface area (Å²) in [6.07, 6.45) is 3.12. The number of hydrogen-bond acceptors (Lipinski definition) is 8. The molecule has 0 saturated heterocycles. The fourth-order valence-corrected chi connectivity index (χ4v) is 4.51. The van der Waals surface area contributed by atoms with Crippen LogP contribution in [0.15, 0.2) is 44.4 Å². The summed E-state index contributed by atoms with van der Waals surface area (Å²) >= 11 is 0.906. The van der Waals surface area contributed by atoms with Crippen LogP contribution >= 0.6 is 11.8 Å². The van der Waals surface area contributed by atoms with Crippen molar-refractivity contribution in [1.29, 1.82) is 0 Å². The second kappa shape index (κ2) is 7.38. The van der Waals surface area contributed by atoms with Crippen molar-refractivity contribution in [2.75, 3.05) is 14.2 Å². The van der Waals surface area contributed by atoms with Crippen molar-refractivity contribution in [3.63, 3.8) is 0 Å². The van der Waals surface area contributed by atoms with Crippen LogP contribution in [0.5, 0.6) is 11.6 Å². The van der Waals surface area contributed by atoms with Gasteiger partial charge in [-0.15, -0.1) is 10.2 Å². The Kier molecular flexibility index (Phi) is 4.97. The number of rotatable bonds is 3. The third-order valence-corrected chi connectivity index (χ3v) is 5.96. The largest absolute Gasteiger partial charge is 0.497 e. The third kappa shape index (κ3) is 3.42. The highest BCUT2D eigenvalue weighted by molar-refractivity contribution is 8.18. The van der Waals surface area contributed by atoms with Crippen molar-refractivity contribution in [3.05, 3.63) is 34.8 Å². The molecule has 0 atom stereocenters. The maximum Gasteiger partial charge on any atom is 0.331 e. The summed E-state index contributed by atoms with van der Waals surface area (Å²) in [6, 6.07) is 3.70. The van der Waals surface area contributed by atoms with E-state index in [4.69, 9.17) is 4.74 Å². The van der Waals surface area contributed by atoms with Gasteiger partial charge < -0.3 is 19.1 Å². The lowest BCUT2D eigenvalue weighted by Crippen LogP contribution is -2.26. The zero-order valence-corrected chi connectivity index (χ0v) is 18.4. The summed E-state index contributed by atoms with van der Waals surface area (Å²) in [4.78, 5) is 27.2. The number of thioether (sulfide) groups is 1. The Bertz CT molecular complexity index is 1270. The maximum atomic E-state index is 12.0. The molecule has 3 heterocycles. The molecule has 1 amide bonds. The van der Waals surface area contributed by atoms with Crippen LogP contribution in [0.25, 0.3) is 16.5 Å². The molecule has 0 saturated carbocycles. The van der Waals surface area contributed by atoms with Gasteiger partial charge in [0.25, 0.3) is 5.91 Å². The first-order valence-corrected chi connectivity index (χ1v) is 10.2. The molecule has 1 N–H and O–H groups in total. The van der Waals surface area contributed by atoms with E-state index in [0.717, 1.165) is 34.5 Å². The summed E-state index contributed by atoms with van der Waals surface area (Å²) in [6.45, 7) is 5.99. The summed E-state index contributed by atoms with van der Waals surface area (Å²) in [7, 11) is 2.79. The molecule has 0 fully saturated rings. The molecule has 1 aromatic carbocycles. The number of benzene rings is 1. The first-order chi connectivity index (χ1) is 14.7. The number of nitrogens with zero attached hydrogens (tertiary/aromatic N) is 4. The van der Waals surface area contributed by atoms with Crippen molar-refractivity contribution < 1.29 is 24.2 Å². The number of amidine groups is 1. The standard InChI is InChI=1S/C21H20N4O5S/c1-10-9-21(2,3)25-17-12(10)6-11(29-4)7-13(17)16(19(25)28)23-24-20-22-18(27)14(31-20)8-15(26)30-5/h6-9,28H,1-5H3. The summed E-state index contributed by atoms with van der Waals surface area (Å²) in [5.74, 6) is -0.691. The molecule has 31 heavy (non-hydrogen) atoms. The van der Waals surface area contributed by atoms with Crippen molar-refractivity contribution in [2.45, 2.75) is 26.3 Å². The molecule has 0 radical (unpaired) electrons. The Morgan fingerprint density at radius 2 is 2.03 bits per heavy atom. The number of aromatic nitrogens is 1. The van der Waals surface area contributed by atoms with Crippen LogP contribution in [0.1, 0.15) is 26.3 Å². The molecule has 0 spiro atoms. The van der Waals surface area contributed by atoms with Gasteiger partial charge in [-0.2, -0.15) is 4.99 Å². The van der Waals surface area contributed by atoms with Crippen LogP contribution in [0, 0.1) is 0 Å². The number of amides is 1. The Hall–Kier alpha value is -3.40. The van der Waals surface area contributed by atoms with Crippen molar-refractivity contribution in [1.82, 2.24) is 4.57 Å². The normalized spacial score (nSPS) is 18.6. The summed E-state index contributed by atoms with van der Waals surface area (Å²) in [5.41, 5.74) is 2.55. The van der Waals surface area contributed by atoms with Gasteiger partial charge in [-0.1, -0.05) is 6.08 Å². The number of esters is 1. The Morgan fingerprint density at radius 1 is 1.29 bits per heavy atom. The van der Waals surface area contributed by atoms with Gasteiger partial charge >= 0.3 is 5.97 Å². The van der Waals surface area contributed by atoms with Gasteiger partial charge in [-0.3, -0.25) is 4.79 Å². The third-order valence-electron chi connectivity index (χ3n) is 5.09. The molecule has 4 rings (SSSR count). The zero-order valence-electron chi connectivity index (χ0n) is 17.6. The zero-order chi connectivity index (χ0) is 22.5. The van der Waals surface area contributed by atoms with E-state index >= 15 is 0 Å². The number of carbonyl (C=O) groups excluding carboxylic acids is 2. The minimum Gasteiger partial charge on any atom is -0.497 e. The lowest BCUT2D eigenvalue weighted by molar-refractivity contribution is -0.135. The van der Waals surface area contributed by atoms with Gasteiger partial charge in [0.05, 0.1) is 30.2 Å². The van der Waals surface area contributed by atoms with Gasteiger partial charge in [-0.25, -0.2) is 4.79 Å². The number of methoxy groups -OCH3 is 2. The van der Waals surface area contributed by atoms with Crippen LogP contribution in [0.3, 0.4) is 0 Å². The maximum absolute atomic E-state index is 12.0. The van der Waals surface area contributed by atoms with Gasteiger partial charge in [-0.05, 0) is 50.2 Å². The fraction of sp³-hybridized carbons (Fsp3) is 0.286. The van der Waals surface area contributed by atoms with E-state index in [2.05, 4.69) is 26.0 Å². The van der Waals surface area contributed by atoms with E-state index in [9.17, 15) is 14.7 Å². The number of allylic oxidation sites excluding steroid dienone is 2. The smallest absolute Gasteiger partial charge is 0.331 e. The molecule has 9 nitrogen and oxygen atoms in total. The number of azo groups is 1. The van der Waals surface area contributed by atoms with E-state index in [0.29, 0.717) is 11.1 Å². The topological polar surface area (TPSA) is 115 Å². The Labute approximate surface area is 182 Å². The van der Waals surface area contributed by atoms with Crippen LogP contribution < -0.4 is 4.74 Å². The van der Waals surface area contributed by atoms with Gasteiger partial charge in [0.1, 0.15) is 5.75 Å². The Morgan fingerprint density at radius 3 is 2.71 bits per heavy atom. The first kappa shape index (κ1) is 20.9. The molecule has 160 valence electrons. The van der Waals surface area contributed by atoms with E-state index in [1.807, 2.05) is 26.8 Å². The molecule has 1 aromatic heterocycles. The second-order valence-corrected chi connectivity index (χ2v) is 8.60. The number of carbonyl (C=O) groups is 2. The lowest BCUT2D eigenvalue weighted by atomic mass is 9.92. The molecule has 0 aliphatic carbocycles. The average molecular weight is 440 g/mol. The van der Waals surface area contributed by atoms with Crippen molar-refractivity contribution >= 4 is 51.0 Å². The molecule has 0 bridgehead atoms. The molecular formula is C21H20N4O5S. The van der Waals surface area contributed by atoms with Gasteiger partial charge in [0.15, 0.2) is 5.69 Å². The minimum atomic E-state index is -0.659. The van der Waals surface area contributed by atoms with Crippen LogP contribution in [-0.2, 0) is 19.9 Å². The number of aromatic hydroxyl groups is 1. The predicted octanol–water partition coefficient (Wildman–Crippen LogP) is 4.28. The molecule has 2 aliphatic rings. The van der Waals surface area contributed by atoms with E-state index < -0.39 is 17.4 Å². The fourth-order valence-electron chi connectivity index (χ4n) is 3.81.